The molecule has 25 heavy (non-hydrogen) atoms. The number of fused-ring (bicyclic) bond motifs is 1. The van der Waals surface area contributed by atoms with Gasteiger partial charge in [-0.25, -0.2) is 9.67 Å². The third-order valence-corrected chi connectivity index (χ3v) is 4.24. The van der Waals surface area contributed by atoms with Crippen molar-refractivity contribution in [1.29, 1.82) is 0 Å². The molecule has 0 radical (unpaired) electrons. The number of nitrogens with zero attached hydrogens (tertiary/aromatic N) is 4. The Labute approximate surface area is 145 Å². The summed E-state index contributed by atoms with van der Waals surface area (Å²) in [7, 11) is 0. The van der Waals surface area contributed by atoms with E-state index in [2.05, 4.69) is 10.1 Å². The first-order valence-electron chi connectivity index (χ1n) is 8.14. The molecule has 3 heterocycles. The maximum atomic E-state index is 12.0. The monoisotopic (exact) mass is 328 g/mol. The van der Waals surface area contributed by atoms with Crippen molar-refractivity contribution in [2.45, 2.75) is 13.5 Å². The first kappa shape index (κ1) is 15.2. The van der Waals surface area contributed by atoms with Gasteiger partial charge in [0.2, 0.25) is 0 Å². The molecule has 0 saturated carbocycles. The molecule has 4 rings (SSSR count). The number of benzene rings is 1. The summed E-state index contributed by atoms with van der Waals surface area (Å²) in [5.74, 6) is 0. The van der Waals surface area contributed by atoms with Crippen molar-refractivity contribution in [3.05, 3.63) is 66.6 Å². The number of rotatable bonds is 4. The van der Waals surface area contributed by atoms with E-state index >= 15 is 0 Å². The molecule has 122 valence electrons. The summed E-state index contributed by atoms with van der Waals surface area (Å²) in [6, 6.07) is 13.6. The number of aldehydes is 1. The summed E-state index contributed by atoms with van der Waals surface area (Å²) < 4.78 is 1.84. The van der Waals surface area contributed by atoms with Gasteiger partial charge in [0, 0.05) is 46.6 Å². The van der Waals surface area contributed by atoms with E-state index in [9.17, 15) is 4.79 Å². The van der Waals surface area contributed by atoms with E-state index in [1.165, 1.54) is 0 Å². The number of hydrogen-bond acceptors (Lipinski definition) is 4. The molecule has 0 amide bonds. The van der Waals surface area contributed by atoms with Crippen LogP contribution in [0.4, 0.5) is 0 Å². The lowest BCUT2D eigenvalue weighted by Gasteiger charge is -2.12. The normalized spacial score (nSPS) is 10.9. The number of pyridine rings is 2. The van der Waals surface area contributed by atoms with E-state index < -0.39 is 0 Å². The van der Waals surface area contributed by atoms with Gasteiger partial charge in [-0.05, 0) is 13.0 Å². The molecule has 0 atom stereocenters. The van der Waals surface area contributed by atoms with Gasteiger partial charge in [-0.1, -0.05) is 36.4 Å². The minimum absolute atomic E-state index is 0.558. The Morgan fingerprint density at radius 2 is 1.84 bits per heavy atom. The Hall–Kier alpha value is -3.34. The molecule has 5 nitrogen and oxygen atoms in total. The van der Waals surface area contributed by atoms with E-state index in [1.54, 1.807) is 18.6 Å². The molecule has 0 aliphatic heterocycles. The zero-order valence-corrected chi connectivity index (χ0v) is 13.8. The van der Waals surface area contributed by atoms with E-state index in [0.717, 1.165) is 34.0 Å². The highest BCUT2D eigenvalue weighted by molar-refractivity contribution is 6.06. The van der Waals surface area contributed by atoms with E-state index in [1.807, 2.05) is 54.1 Å². The highest BCUT2D eigenvalue weighted by Crippen LogP contribution is 2.35. The van der Waals surface area contributed by atoms with Crippen molar-refractivity contribution >= 4 is 17.3 Å². The molecule has 4 aromatic rings. The summed E-state index contributed by atoms with van der Waals surface area (Å²) in [6.07, 6.45) is 6.13. The topological polar surface area (TPSA) is 60.7 Å². The maximum Gasteiger partial charge on any atom is 0.159 e. The molecule has 0 spiro atoms. The van der Waals surface area contributed by atoms with Gasteiger partial charge in [0.05, 0.1) is 11.9 Å². The number of aromatic nitrogens is 4. The van der Waals surface area contributed by atoms with E-state index in [4.69, 9.17) is 4.98 Å². The average molecular weight is 328 g/mol. The SMILES string of the molecule is CCn1ncc2c(-c3cccnc3)c(C=O)c(-c3ccccc3)nc21. The van der Waals surface area contributed by atoms with Crippen LogP contribution in [0.25, 0.3) is 33.4 Å². The van der Waals surface area contributed by atoms with Crippen LogP contribution in [-0.4, -0.2) is 26.0 Å². The van der Waals surface area contributed by atoms with Gasteiger partial charge in [-0.15, -0.1) is 0 Å². The first-order valence-corrected chi connectivity index (χ1v) is 8.14. The van der Waals surface area contributed by atoms with Crippen LogP contribution in [0.2, 0.25) is 0 Å². The molecule has 3 aromatic heterocycles. The summed E-state index contributed by atoms with van der Waals surface area (Å²) in [5.41, 5.74) is 4.60. The van der Waals surface area contributed by atoms with Crippen molar-refractivity contribution in [2.24, 2.45) is 0 Å². The Kier molecular flexibility index (Phi) is 3.82. The van der Waals surface area contributed by atoms with Crippen LogP contribution in [-0.2, 0) is 6.54 Å². The maximum absolute atomic E-state index is 12.0. The lowest BCUT2D eigenvalue weighted by molar-refractivity contribution is 0.112. The fourth-order valence-corrected chi connectivity index (χ4v) is 3.09. The van der Waals surface area contributed by atoms with Crippen LogP contribution >= 0.6 is 0 Å². The molecular formula is C20H16N4O. The summed E-state index contributed by atoms with van der Waals surface area (Å²) in [5, 5.41) is 5.29. The van der Waals surface area contributed by atoms with Gasteiger partial charge in [0.1, 0.15) is 0 Å². The van der Waals surface area contributed by atoms with Gasteiger partial charge in [-0.2, -0.15) is 5.10 Å². The van der Waals surface area contributed by atoms with E-state index in [0.29, 0.717) is 17.8 Å². The standard InChI is InChI=1S/C20H16N4O/c1-2-24-20-16(12-22-24)18(15-9-6-10-21-11-15)17(13-25)19(23-20)14-7-4-3-5-8-14/h3-13H,2H2,1H3. The predicted molar refractivity (Wildman–Crippen MR) is 97.3 cm³/mol. The van der Waals surface area contributed by atoms with Crippen molar-refractivity contribution in [3.8, 4) is 22.4 Å². The Morgan fingerprint density at radius 1 is 1.04 bits per heavy atom. The summed E-state index contributed by atoms with van der Waals surface area (Å²) >= 11 is 0. The minimum atomic E-state index is 0.558. The van der Waals surface area contributed by atoms with Gasteiger partial charge >= 0.3 is 0 Å². The second-order valence-electron chi connectivity index (χ2n) is 5.67. The average Bonchev–Trinajstić information content (AvgIpc) is 3.10. The molecule has 1 aromatic carbocycles. The molecule has 0 aliphatic carbocycles. The van der Waals surface area contributed by atoms with Gasteiger partial charge < -0.3 is 0 Å². The lowest BCUT2D eigenvalue weighted by Crippen LogP contribution is -2.02. The van der Waals surface area contributed by atoms with Crippen molar-refractivity contribution in [3.63, 3.8) is 0 Å². The van der Waals surface area contributed by atoms with Crippen LogP contribution in [0.5, 0.6) is 0 Å². The molecule has 0 unspecified atom stereocenters. The summed E-state index contributed by atoms with van der Waals surface area (Å²) in [6.45, 7) is 2.73. The molecule has 0 bridgehead atoms. The van der Waals surface area contributed by atoms with Crippen molar-refractivity contribution < 1.29 is 4.79 Å². The van der Waals surface area contributed by atoms with Gasteiger partial charge in [-0.3, -0.25) is 9.78 Å². The Morgan fingerprint density at radius 3 is 2.52 bits per heavy atom. The van der Waals surface area contributed by atoms with Crippen molar-refractivity contribution in [1.82, 2.24) is 19.7 Å². The highest BCUT2D eigenvalue weighted by atomic mass is 16.1. The van der Waals surface area contributed by atoms with Crippen LogP contribution in [0.1, 0.15) is 17.3 Å². The highest BCUT2D eigenvalue weighted by Gasteiger charge is 2.20. The Bertz CT molecular complexity index is 1040. The predicted octanol–water partition coefficient (Wildman–Crippen LogP) is 3.99. The largest absolute Gasteiger partial charge is 0.298 e. The van der Waals surface area contributed by atoms with E-state index in [-0.39, 0.29) is 0 Å². The number of carbonyl (C=O) groups is 1. The second-order valence-corrected chi connectivity index (χ2v) is 5.67. The van der Waals surface area contributed by atoms with Crippen LogP contribution < -0.4 is 0 Å². The number of carbonyl (C=O) groups excluding carboxylic acids is 1. The molecule has 0 N–H and O–H groups in total. The number of aryl methyl sites for hydroxylation is 1. The van der Waals surface area contributed by atoms with Crippen LogP contribution in [0.15, 0.2) is 61.1 Å². The second kappa shape index (κ2) is 6.28. The molecule has 5 heteroatoms. The fraction of sp³-hybridized carbons (Fsp3) is 0.100. The molecule has 0 saturated heterocycles. The first-order chi connectivity index (χ1) is 12.3. The quantitative estimate of drug-likeness (QED) is 0.531. The molecule has 0 aliphatic rings. The van der Waals surface area contributed by atoms with Crippen LogP contribution in [0.3, 0.4) is 0 Å². The smallest absolute Gasteiger partial charge is 0.159 e. The van der Waals surface area contributed by atoms with Gasteiger partial charge in [0.15, 0.2) is 11.9 Å². The van der Waals surface area contributed by atoms with Gasteiger partial charge in [0.25, 0.3) is 0 Å². The number of hydrogen-bond donors (Lipinski definition) is 0. The molecular weight excluding hydrogens is 312 g/mol. The fourth-order valence-electron chi connectivity index (χ4n) is 3.09. The molecule has 0 fully saturated rings. The summed E-state index contributed by atoms with van der Waals surface area (Å²) in [4.78, 5) is 21.0. The zero-order chi connectivity index (χ0) is 17.2. The third kappa shape index (κ3) is 2.50. The minimum Gasteiger partial charge on any atom is -0.298 e. The Balaban J connectivity index is 2.14. The lowest BCUT2D eigenvalue weighted by atomic mass is 9.95. The third-order valence-electron chi connectivity index (χ3n) is 4.24. The van der Waals surface area contributed by atoms with Crippen molar-refractivity contribution in [2.75, 3.05) is 0 Å². The zero-order valence-electron chi connectivity index (χ0n) is 13.8. The van der Waals surface area contributed by atoms with Crippen LogP contribution in [0, 0.1) is 0 Å².